The van der Waals surface area contributed by atoms with Gasteiger partial charge >= 0.3 is 0 Å². The van der Waals surface area contributed by atoms with Crippen LogP contribution in [0.4, 0.5) is 0 Å². The van der Waals surface area contributed by atoms with Crippen molar-refractivity contribution >= 4 is 17.5 Å². The van der Waals surface area contributed by atoms with Gasteiger partial charge < -0.3 is 9.88 Å². The Bertz CT molecular complexity index is 645. The number of likely N-dealkylation sites (N-methyl/N-ethyl adjacent to an activating group) is 1. The molecule has 0 spiro atoms. The molecule has 1 aliphatic heterocycles. The van der Waals surface area contributed by atoms with E-state index in [9.17, 15) is 4.79 Å². The highest BCUT2D eigenvalue weighted by atomic mass is 35.5. The lowest BCUT2D eigenvalue weighted by Crippen LogP contribution is -2.50. The Morgan fingerprint density at radius 3 is 3.00 bits per heavy atom. The van der Waals surface area contributed by atoms with Crippen LogP contribution in [0.25, 0.3) is 0 Å². The van der Waals surface area contributed by atoms with Crippen molar-refractivity contribution in [3.8, 4) is 0 Å². The average molecular weight is 320 g/mol. The van der Waals surface area contributed by atoms with E-state index < -0.39 is 0 Å². The number of hydrogen-bond acceptors (Lipinski definition) is 4. The lowest BCUT2D eigenvalue weighted by Gasteiger charge is -2.40. The van der Waals surface area contributed by atoms with Crippen molar-refractivity contribution in [2.75, 3.05) is 26.2 Å². The fraction of sp³-hybridized carbons (Fsp3) is 0.400. The largest absolute Gasteiger partial charge is 0.347 e. The highest BCUT2D eigenvalue weighted by molar-refractivity contribution is 6.33. The van der Waals surface area contributed by atoms with Crippen molar-refractivity contribution in [1.29, 1.82) is 0 Å². The van der Waals surface area contributed by atoms with E-state index in [2.05, 4.69) is 26.8 Å². The maximum Gasteiger partial charge on any atom is 0.255 e. The van der Waals surface area contributed by atoms with Crippen molar-refractivity contribution in [2.24, 2.45) is 0 Å². The molecule has 3 rings (SSSR count). The second-order valence-electron chi connectivity index (χ2n) is 5.23. The monoisotopic (exact) mass is 319 g/mol. The number of H-pyrrole nitrogens is 1. The molecule has 0 radical (unpaired) electrons. The summed E-state index contributed by atoms with van der Waals surface area (Å²) in [7, 11) is 0. The molecule has 6 nitrogen and oxygen atoms in total. The summed E-state index contributed by atoms with van der Waals surface area (Å²) in [6, 6.07) is 1.75. The highest BCUT2D eigenvalue weighted by Crippen LogP contribution is 2.25. The summed E-state index contributed by atoms with van der Waals surface area (Å²) in [6.07, 6.45) is 6.64. The van der Waals surface area contributed by atoms with Crippen LogP contribution in [0, 0.1) is 0 Å². The number of piperazine rings is 1. The predicted molar refractivity (Wildman–Crippen MR) is 83.7 cm³/mol. The highest BCUT2D eigenvalue weighted by Gasteiger charge is 2.32. The van der Waals surface area contributed by atoms with Crippen LogP contribution in [0.5, 0.6) is 0 Å². The van der Waals surface area contributed by atoms with Crippen LogP contribution in [0.1, 0.15) is 29.1 Å². The van der Waals surface area contributed by atoms with Gasteiger partial charge in [0, 0.05) is 44.4 Å². The van der Waals surface area contributed by atoms with Crippen LogP contribution in [0.3, 0.4) is 0 Å². The van der Waals surface area contributed by atoms with Gasteiger partial charge in [0.15, 0.2) is 0 Å². The van der Waals surface area contributed by atoms with E-state index >= 15 is 0 Å². The molecular weight excluding hydrogens is 302 g/mol. The fourth-order valence-corrected chi connectivity index (χ4v) is 3.02. The van der Waals surface area contributed by atoms with Crippen molar-refractivity contribution < 1.29 is 4.79 Å². The molecule has 2 aromatic rings. The molecule has 3 heterocycles. The molecular formula is C15H18ClN5O. The molecule has 1 saturated heterocycles. The molecule has 0 aromatic carbocycles. The molecule has 0 saturated carbocycles. The molecule has 22 heavy (non-hydrogen) atoms. The second-order valence-corrected chi connectivity index (χ2v) is 5.63. The minimum Gasteiger partial charge on any atom is -0.347 e. The average Bonchev–Trinajstić information content (AvgIpc) is 3.08. The number of imidazole rings is 1. The number of nitrogens with one attached hydrogen (secondary N) is 1. The second kappa shape index (κ2) is 6.46. The Balaban J connectivity index is 1.81. The van der Waals surface area contributed by atoms with Crippen LogP contribution in [0.2, 0.25) is 5.02 Å². The lowest BCUT2D eigenvalue weighted by atomic mass is 10.1. The summed E-state index contributed by atoms with van der Waals surface area (Å²) < 4.78 is 0. The summed E-state index contributed by atoms with van der Waals surface area (Å²) in [4.78, 5) is 28.3. The summed E-state index contributed by atoms with van der Waals surface area (Å²) in [6.45, 7) is 5.13. The number of amides is 1. The molecule has 0 aliphatic carbocycles. The van der Waals surface area contributed by atoms with Crippen LogP contribution in [-0.4, -0.2) is 56.8 Å². The summed E-state index contributed by atoms with van der Waals surface area (Å²) >= 11 is 6.09. The Morgan fingerprint density at radius 2 is 2.32 bits per heavy atom. The van der Waals surface area contributed by atoms with Gasteiger partial charge in [0.25, 0.3) is 5.91 Å². The molecule has 7 heteroatoms. The molecule has 1 N–H and O–H groups in total. The van der Waals surface area contributed by atoms with E-state index in [0.29, 0.717) is 23.7 Å². The number of pyridine rings is 1. The van der Waals surface area contributed by atoms with Gasteiger partial charge in [-0.15, -0.1) is 0 Å². The number of aromatic amines is 1. The molecule has 0 unspecified atom stereocenters. The van der Waals surface area contributed by atoms with Crippen LogP contribution in [-0.2, 0) is 0 Å². The van der Waals surface area contributed by atoms with Crippen LogP contribution < -0.4 is 0 Å². The van der Waals surface area contributed by atoms with E-state index in [1.807, 2.05) is 11.1 Å². The number of rotatable bonds is 3. The number of nitrogens with zero attached hydrogens (tertiary/aromatic N) is 4. The lowest BCUT2D eigenvalue weighted by molar-refractivity contribution is 0.0480. The van der Waals surface area contributed by atoms with Gasteiger partial charge in [-0.05, 0) is 12.6 Å². The van der Waals surface area contributed by atoms with Gasteiger partial charge in [-0.2, -0.15) is 0 Å². The Kier molecular flexibility index (Phi) is 4.40. The topological polar surface area (TPSA) is 65.1 Å². The van der Waals surface area contributed by atoms with Crippen molar-refractivity contribution in [2.45, 2.75) is 13.0 Å². The zero-order chi connectivity index (χ0) is 15.5. The number of carbonyl (C=O) groups is 1. The van der Waals surface area contributed by atoms with Crippen molar-refractivity contribution in [3.05, 3.63) is 47.3 Å². The number of halogens is 1. The van der Waals surface area contributed by atoms with Gasteiger partial charge in [-0.25, -0.2) is 4.98 Å². The smallest absolute Gasteiger partial charge is 0.255 e. The third-order valence-electron chi connectivity index (χ3n) is 4.02. The fourth-order valence-electron chi connectivity index (χ4n) is 2.82. The van der Waals surface area contributed by atoms with Crippen molar-refractivity contribution in [3.63, 3.8) is 0 Å². The first-order chi connectivity index (χ1) is 10.7. The quantitative estimate of drug-likeness (QED) is 0.939. The zero-order valence-corrected chi connectivity index (χ0v) is 13.1. The van der Waals surface area contributed by atoms with E-state index in [-0.39, 0.29) is 11.9 Å². The molecule has 1 fully saturated rings. The Morgan fingerprint density at radius 1 is 1.45 bits per heavy atom. The first-order valence-corrected chi connectivity index (χ1v) is 7.70. The van der Waals surface area contributed by atoms with E-state index in [0.717, 1.165) is 18.9 Å². The van der Waals surface area contributed by atoms with E-state index in [4.69, 9.17) is 11.6 Å². The summed E-state index contributed by atoms with van der Waals surface area (Å²) in [5.74, 6) is 0.833. The SMILES string of the molecule is CCN1CCN(C(=O)c2ccncc2Cl)C[C@H]1c1ncc[nH]1. The Hall–Kier alpha value is -1.92. The number of carbonyl (C=O) groups excluding carboxylic acids is 1. The third kappa shape index (κ3) is 2.84. The molecule has 2 aromatic heterocycles. The minimum atomic E-state index is -0.0558. The third-order valence-corrected chi connectivity index (χ3v) is 4.32. The maximum absolute atomic E-state index is 12.7. The van der Waals surface area contributed by atoms with Gasteiger partial charge in [0.1, 0.15) is 5.82 Å². The van der Waals surface area contributed by atoms with Gasteiger partial charge in [0.05, 0.1) is 16.6 Å². The normalized spacial score (nSPS) is 19.4. The minimum absolute atomic E-state index is 0.0558. The Labute approximate surface area is 134 Å². The molecule has 1 aliphatic rings. The standard InChI is InChI=1S/C15H18ClN5O/c1-2-20-7-8-21(10-13(20)14-18-5-6-19-14)15(22)11-3-4-17-9-12(11)16/h3-6,9,13H,2,7-8,10H2,1H3,(H,18,19)/t13-/m0/s1. The first-order valence-electron chi connectivity index (χ1n) is 7.32. The summed E-state index contributed by atoms with van der Waals surface area (Å²) in [5, 5.41) is 0.389. The summed E-state index contributed by atoms with van der Waals surface area (Å²) in [5.41, 5.74) is 0.500. The molecule has 0 bridgehead atoms. The van der Waals surface area contributed by atoms with Gasteiger partial charge in [-0.3, -0.25) is 14.7 Å². The maximum atomic E-state index is 12.7. The molecule has 1 atom stereocenters. The molecule has 116 valence electrons. The van der Waals surface area contributed by atoms with Gasteiger partial charge in [0.2, 0.25) is 0 Å². The van der Waals surface area contributed by atoms with E-state index in [1.54, 1.807) is 18.5 Å². The number of aromatic nitrogens is 3. The van der Waals surface area contributed by atoms with Crippen molar-refractivity contribution in [1.82, 2.24) is 24.8 Å². The zero-order valence-electron chi connectivity index (χ0n) is 12.4. The van der Waals surface area contributed by atoms with Gasteiger partial charge in [-0.1, -0.05) is 18.5 Å². The first kappa shape index (κ1) is 15.0. The van der Waals surface area contributed by atoms with Crippen LogP contribution >= 0.6 is 11.6 Å². The van der Waals surface area contributed by atoms with Crippen LogP contribution in [0.15, 0.2) is 30.9 Å². The number of hydrogen-bond donors (Lipinski definition) is 1. The molecule has 1 amide bonds. The predicted octanol–water partition coefficient (Wildman–Crippen LogP) is 1.98. The van der Waals surface area contributed by atoms with E-state index in [1.165, 1.54) is 6.20 Å².